The maximum Gasteiger partial charge on any atom is 0.344 e. The minimum atomic E-state index is -0.578. The van der Waals surface area contributed by atoms with Gasteiger partial charge in [-0.05, 0) is 19.1 Å². The molecular formula is C14H15NO5. The first-order chi connectivity index (χ1) is 9.56. The molecule has 0 radical (unpaired) electrons. The molecule has 0 bridgehead atoms. The number of benzene rings is 1. The van der Waals surface area contributed by atoms with Gasteiger partial charge in [-0.25, -0.2) is 9.79 Å². The maximum absolute atomic E-state index is 11.5. The van der Waals surface area contributed by atoms with E-state index in [0.717, 1.165) is 0 Å². The van der Waals surface area contributed by atoms with Crippen LogP contribution in [0.4, 0.5) is 5.69 Å². The monoisotopic (exact) mass is 277 g/mol. The topological polar surface area (TPSA) is 77.3 Å². The second-order valence-corrected chi connectivity index (χ2v) is 4.13. The van der Waals surface area contributed by atoms with Crippen molar-refractivity contribution in [3.63, 3.8) is 0 Å². The number of carbonyl (C=O) groups is 1. The van der Waals surface area contributed by atoms with Crippen molar-refractivity contribution in [2.24, 2.45) is 4.99 Å². The van der Waals surface area contributed by atoms with E-state index in [4.69, 9.17) is 14.2 Å². The van der Waals surface area contributed by atoms with Crippen LogP contribution in [0.1, 0.15) is 6.92 Å². The molecule has 6 nitrogen and oxygen atoms in total. The molecule has 0 atom stereocenters. The Balaban J connectivity index is 2.44. The van der Waals surface area contributed by atoms with Gasteiger partial charge in [0.1, 0.15) is 35.1 Å². The highest BCUT2D eigenvalue weighted by molar-refractivity contribution is 6.20. The summed E-state index contributed by atoms with van der Waals surface area (Å²) in [6.07, 6.45) is 0. The average molecular weight is 277 g/mol. The number of cyclic esters (lactones) is 1. The van der Waals surface area contributed by atoms with Crippen molar-refractivity contribution >= 4 is 17.4 Å². The Morgan fingerprint density at radius 1 is 1.35 bits per heavy atom. The largest absolute Gasteiger partial charge is 0.508 e. The molecule has 1 aromatic rings. The summed E-state index contributed by atoms with van der Waals surface area (Å²) in [7, 11) is 3.07. The molecule has 1 aliphatic rings. The molecule has 1 aromatic carbocycles. The average Bonchev–Trinajstić information content (AvgIpc) is 2.78. The molecule has 106 valence electrons. The van der Waals surface area contributed by atoms with Crippen LogP contribution in [0.3, 0.4) is 0 Å². The van der Waals surface area contributed by atoms with Gasteiger partial charge in [0, 0.05) is 6.07 Å². The molecule has 0 spiro atoms. The Morgan fingerprint density at radius 2 is 2.10 bits per heavy atom. The Hall–Kier alpha value is -2.50. The lowest BCUT2D eigenvalue weighted by molar-refractivity contribution is -0.135. The first kappa shape index (κ1) is 13.9. The molecule has 1 heterocycles. The molecule has 0 aliphatic carbocycles. The van der Waals surface area contributed by atoms with Crippen LogP contribution in [0.5, 0.6) is 11.5 Å². The van der Waals surface area contributed by atoms with Gasteiger partial charge in [-0.1, -0.05) is 0 Å². The first-order valence-electron chi connectivity index (χ1n) is 5.93. The van der Waals surface area contributed by atoms with E-state index in [2.05, 4.69) is 4.99 Å². The van der Waals surface area contributed by atoms with Gasteiger partial charge >= 0.3 is 5.97 Å². The highest BCUT2D eigenvalue weighted by Crippen LogP contribution is 2.32. The molecule has 0 fully saturated rings. The summed E-state index contributed by atoms with van der Waals surface area (Å²) >= 11 is 0. The summed E-state index contributed by atoms with van der Waals surface area (Å²) < 4.78 is 15.1. The van der Waals surface area contributed by atoms with Crippen LogP contribution >= 0.6 is 0 Å². The molecule has 1 aliphatic heterocycles. The number of aliphatic hydroxyl groups is 1. The van der Waals surface area contributed by atoms with Crippen molar-refractivity contribution in [3.05, 3.63) is 29.5 Å². The minimum Gasteiger partial charge on any atom is -0.508 e. The third-order valence-electron chi connectivity index (χ3n) is 2.87. The molecule has 0 aromatic heterocycles. The van der Waals surface area contributed by atoms with Crippen molar-refractivity contribution in [1.29, 1.82) is 0 Å². The predicted octanol–water partition coefficient (Wildman–Crippen LogP) is 2.17. The van der Waals surface area contributed by atoms with Crippen LogP contribution in [-0.4, -0.2) is 37.6 Å². The van der Waals surface area contributed by atoms with Gasteiger partial charge in [0.05, 0.1) is 19.9 Å². The predicted molar refractivity (Wildman–Crippen MR) is 72.9 cm³/mol. The Bertz CT molecular complexity index is 604. The van der Waals surface area contributed by atoms with Crippen LogP contribution in [0.15, 0.2) is 34.5 Å². The second-order valence-electron chi connectivity index (χ2n) is 4.13. The lowest BCUT2D eigenvalue weighted by Gasteiger charge is -2.08. The quantitative estimate of drug-likeness (QED) is 0.674. The highest BCUT2D eigenvalue weighted by Gasteiger charge is 2.27. The van der Waals surface area contributed by atoms with Crippen LogP contribution in [0, 0.1) is 0 Å². The van der Waals surface area contributed by atoms with Gasteiger partial charge in [0.2, 0.25) is 0 Å². The number of hydrogen-bond acceptors (Lipinski definition) is 6. The second kappa shape index (κ2) is 5.64. The Kier molecular flexibility index (Phi) is 3.93. The maximum atomic E-state index is 11.5. The normalized spacial score (nSPS) is 15.3. The van der Waals surface area contributed by atoms with Crippen molar-refractivity contribution in [3.8, 4) is 11.5 Å². The lowest BCUT2D eigenvalue weighted by Crippen LogP contribution is -2.07. The highest BCUT2D eigenvalue weighted by atomic mass is 16.5. The fourth-order valence-electron chi connectivity index (χ4n) is 1.87. The first-order valence-corrected chi connectivity index (χ1v) is 5.93. The van der Waals surface area contributed by atoms with Crippen LogP contribution in [0.25, 0.3) is 0 Å². The van der Waals surface area contributed by atoms with Gasteiger partial charge in [0.15, 0.2) is 0 Å². The number of rotatable bonds is 4. The van der Waals surface area contributed by atoms with E-state index >= 15 is 0 Å². The molecule has 20 heavy (non-hydrogen) atoms. The number of aliphatic hydroxyl groups excluding tert-OH is 1. The molecule has 2 rings (SSSR count). The number of hydrogen-bond donors (Lipinski definition) is 1. The number of carbonyl (C=O) groups excluding carboxylic acids is 1. The van der Waals surface area contributed by atoms with Gasteiger partial charge in [0.25, 0.3) is 0 Å². The van der Waals surface area contributed by atoms with E-state index in [1.165, 1.54) is 7.11 Å². The smallest absolute Gasteiger partial charge is 0.344 e. The minimum absolute atomic E-state index is 0.0925. The number of aliphatic imine (C=N–C) groups is 1. The molecule has 6 heteroatoms. The number of esters is 1. The van der Waals surface area contributed by atoms with E-state index in [1.54, 1.807) is 32.2 Å². The van der Waals surface area contributed by atoms with Gasteiger partial charge in [-0.3, -0.25) is 0 Å². The van der Waals surface area contributed by atoms with E-state index in [1.807, 2.05) is 0 Å². The van der Waals surface area contributed by atoms with E-state index in [0.29, 0.717) is 22.9 Å². The van der Waals surface area contributed by atoms with Gasteiger partial charge in [-0.15, -0.1) is 0 Å². The van der Waals surface area contributed by atoms with Crippen LogP contribution < -0.4 is 9.47 Å². The zero-order valence-electron chi connectivity index (χ0n) is 11.5. The van der Waals surface area contributed by atoms with Crippen LogP contribution in [0.2, 0.25) is 0 Å². The molecule has 0 unspecified atom stereocenters. The standard InChI is InChI=1S/C14H15NO5/c1-8(13-11(16)7-20-14(13)17)15-10-6-9(18-2)4-5-12(10)19-3/h4-6,16H,7H2,1-3H3. The Morgan fingerprint density at radius 3 is 2.65 bits per heavy atom. The molecule has 1 N–H and O–H groups in total. The molecular weight excluding hydrogens is 262 g/mol. The third-order valence-corrected chi connectivity index (χ3v) is 2.87. The van der Waals surface area contributed by atoms with Crippen molar-refractivity contribution in [2.45, 2.75) is 6.92 Å². The van der Waals surface area contributed by atoms with E-state index < -0.39 is 5.97 Å². The fraction of sp³-hybridized carbons (Fsp3) is 0.286. The fourth-order valence-corrected chi connectivity index (χ4v) is 1.87. The summed E-state index contributed by atoms with van der Waals surface area (Å²) in [5.41, 5.74) is 0.954. The van der Waals surface area contributed by atoms with Gasteiger partial charge < -0.3 is 19.3 Å². The summed E-state index contributed by atoms with van der Waals surface area (Å²) in [6, 6.07) is 5.14. The van der Waals surface area contributed by atoms with E-state index in [-0.39, 0.29) is 17.9 Å². The Labute approximate surface area is 116 Å². The van der Waals surface area contributed by atoms with Crippen molar-refractivity contribution in [2.75, 3.05) is 20.8 Å². The third kappa shape index (κ3) is 2.59. The molecule has 0 amide bonds. The SMILES string of the molecule is COc1ccc(OC)c(N=C(C)C2=C(O)COC2=O)c1. The van der Waals surface area contributed by atoms with Crippen molar-refractivity contribution in [1.82, 2.24) is 0 Å². The van der Waals surface area contributed by atoms with Crippen LogP contribution in [-0.2, 0) is 9.53 Å². The number of nitrogens with zero attached hydrogens (tertiary/aromatic N) is 1. The summed E-state index contributed by atoms with van der Waals surface area (Å²) in [5.74, 6) is 0.463. The zero-order valence-corrected chi connectivity index (χ0v) is 11.5. The van der Waals surface area contributed by atoms with Gasteiger partial charge in [-0.2, -0.15) is 0 Å². The summed E-state index contributed by atoms with van der Waals surface area (Å²) in [5, 5.41) is 9.63. The molecule has 0 saturated carbocycles. The number of ether oxygens (including phenoxy) is 3. The van der Waals surface area contributed by atoms with E-state index in [9.17, 15) is 9.90 Å². The van der Waals surface area contributed by atoms with Crippen molar-refractivity contribution < 1.29 is 24.1 Å². The summed E-state index contributed by atoms with van der Waals surface area (Å²) in [4.78, 5) is 15.8. The summed E-state index contributed by atoms with van der Waals surface area (Å²) in [6.45, 7) is 1.51. The lowest BCUT2D eigenvalue weighted by atomic mass is 10.1. The number of methoxy groups -OCH3 is 2. The molecule has 0 saturated heterocycles. The zero-order chi connectivity index (χ0) is 14.7.